The molecule has 22 heteroatoms. The van der Waals surface area contributed by atoms with Crippen LogP contribution in [0.25, 0.3) is 0 Å². The van der Waals surface area contributed by atoms with Crippen LogP contribution in [0.1, 0.15) is 0 Å². The van der Waals surface area contributed by atoms with Crippen molar-refractivity contribution in [3.63, 3.8) is 0 Å². The zero-order chi connectivity index (χ0) is 22.8. The van der Waals surface area contributed by atoms with Crippen LogP contribution in [0.4, 0.5) is 0 Å². The Morgan fingerprint density at radius 1 is 0.690 bits per heavy atom. The topological polar surface area (TPSA) is 273 Å². The molecule has 0 aromatic rings. The van der Waals surface area contributed by atoms with E-state index in [9.17, 15) is 33.7 Å². The zero-order valence-corrected chi connectivity index (χ0v) is 17.0. The molecule has 0 aliphatic carbocycles. The summed E-state index contributed by atoms with van der Waals surface area (Å²) in [6.45, 7) is -1.33. The van der Waals surface area contributed by atoms with E-state index in [0.717, 1.165) is 7.11 Å². The standard InChI is InChI=1S/C7H14O18S4/c1-20-7-6(25-29(17,18)19)5(24-28(14,15)16)4(23-27(11,12)13)3(22-7)2-21-26(8,9)10/h3-7H,2H2,1H3,(H,8,9,10)(H,11,12,13)(H,14,15,16)(H,17,18,19)/t3-,4+,5+,6-,7-/m1/s1. The maximum absolute atomic E-state index is 11.1. The van der Waals surface area contributed by atoms with Gasteiger partial charge in [-0.15, -0.1) is 0 Å². The third-order valence-electron chi connectivity index (χ3n) is 2.90. The molecule has 0 saturated carbocycles. The van der Waals surface area contributed by atoms with Crippen molar-refractivity contribution in [2.45, 2.75) is 30.7 Å². The van der Waals surface area contributed by atoms with Gasteiger partial charge in [0.15, 0.2) is 12.4 Å². The predicted molar refractivity (Wildman–Crippen MR) is 82.4 cm³/mol. The largest absolute Gasteiger partial charge is 0.397 e. The van der Waals surface area contributed by atoms with Crippen molar-refractivity contribution in [2.24, 2.45) is 0 Å². The minimum atomic E-state index is -5.53. The Kier molecular flexibility index (Phi) is 8.45. The summed E-state index contributed by atoms with van der Waals surface area (Å²) in [6.07, 6.45) is -11.6. The fourth-order valence-electron chi connectivity index (χ4n) is 2.10. The Labute approximate surface area is 164 Å². The smallest absolute Gasteiger partial charge is 0.353 e. The number of ether oxygens (including phenoxy) is 2. The summed E-state index contributed by atoms with van der Waals surface area (Å²) in [5.74, 6) is 0. The number of hydrogen-bond acceptors (Lipinski definition) is 14. The SMILES string of the molecule is CO[C@@H]1O[C@H](COS(=O)(=O)O)[C@H](OS(=O)(=O)O)[C@H](OS(=O)(=O)O)[C@H]1OS(=O)(=O)O. The summed E-state index contributed by atoms with van der Waals surface area (Å²) in [4.78, 5) is 0. The Balaban J connectivity index is 3.49. The van der Waals surface area contributed by atoms with Crippen molar-refractivity contribution < 1.29 is 78.1 Å². The average molecular weight is 514 g/mol. The molecule has 18 nitrogen and oxygen atoms in total. The van der Waals surface area contributed by atoms with Gasteiger partial charge in [0.2, 0.25) is 0 Å². The van der Waals surface area contributed by atoms with Crippen LogP contribution in [0.15, 0.2) is 0 Å². The first-order valence-corrected chi connectivity index (χ1v) is 12.0. The highest BCUT2D eigenvalue weighted by Gasteiger charge is 2.54. The Morgan fingerprint density at radius 3 is 1.48 bits per heavy atom. The van der Waals surface area contributed by atoms with E-state index in [0.29, 0.717) is 0 Å². The lowest BCUT2D eigenvalue weighted by Crippen LogP contribution is -2.62. The molecule has 1 fully saturated rings. The molecule has 5 atom stereocenters. The fraction of sp³-hybridized carbons (Fsp3) is 1.00. The van der Waals surface area contributed by atoms with Gasteiger partial charge in [0, 0.05) is 7.11 Å². The van der Waals surface area contributed by atoms with Gasteiger partial charge < -0.3 is 9.47 Å². The summed E-state index contributed by atoms with van der Waals surface area (Å²) >= 11 is 0. The highest BCUT2D eigenvalue weighted by atomic mass is 32.3. The molecular formula is C7H14O18S4. The average Bonchev–Trinajstić information content (AvgIpc) is 2.44. The van der Waals surface area contributed by atoms with Crippen LogP contribution < -0.4 is 0 Å². The maximum atomic E-state index is 11.1. The summed E-state index contributed by atoms with van der Waals surface area (Å²) in [6, 6.07) is 0. The first-order chi connectivity index (χ1) is 12.8. The fourth-order valence-corrected chi connectivity index (χ4v) is 3.91. The lowest BCUT2D eigenvalue weighted by molar-refractivity contribution is -0.279. The Bertz CT molecular complexity index is 977. The highest BCUT2D eigenvalue weighted by Crippen LogP contribution is 2.31. The van der Waals surface area contributed by atoms with Crippen molar-refractivity contribution in [2.75, 3.05) is 13.7 Å². The molecule has 0 bridgehead atoms. The third-order valence-corrected chi connectivity index (χ3v) is 4.73. The number of hydrogen-bond donors (Lipinski definition) is 4. The summed E-state index contributed by atoms with van der Waals surface area (Å²) < 4.78 is 149. The van der Waals surface area contributed by atoms with Gasteiger partial charge in [-0.3, -0.25) is 18.2 Å². The van der Waals surface area contributed by atoms with E-state index in [1.54, 1.807) is 0 Å². The minimum absolute atomic E-state index is 0.806. The Hall–Kier alpha value is -0.600. The zero-order valence-electron chi connectivity index (χ0n) is 13.7. The normalized spacial score (nSPS) is 29.6. The molecule has 0 amide bonds. The van der Waals surface area contributed by atoms with Crippen LogP contribution >= 0.6 is 0 Å². The molecule has 0 unspecified atom stereocenters. The van der Waals surface area contributed by atoms with Gasteiger partial charge in [-0.1, -0.05) is 0 Å². The van der Waals surface area contributed by atoms with E-state index in [1.165, 1.54) is 0 Å². The van der Waals surface area contributed by atoms with Crippen LogP contribution in [0.5, 0.6) is 0 Å². The van der Waals surface area contributed by atoms with E-state index in [2.05, 4.69) is 21.5 Å². The van der Waals surface area contributed by atoms with Crippen LogP contribution in [-0.2, 0) is 67.8 Å². The van der Waals surface area contributed by atoms with Crippen molar-refractivity contribution in [3.8, 4) is 0 Å². The maximum Gasteiger partial charge on any atom is 0.397 e. The molecule has 1 saturated heterocycles. The van der Waals surface area contributed by atoms with Gasteiger partial charge >= 0.3 is 41.6 Å². The van der Waals surface area contributed by atoms with Crippen LogP contribution in [0, 0.1) is 0 Å². The molecule has 29 heavy (non-hydrogen) atoms. The van der Waals surface area contributed by atoms with Gasteiger partial charge in [-0.05, 0) is 0 Å². The van der Waals surface area contributed by atoms with Crippen molar-refractivity contribution in [1.29, 1.82) is 0 Å². The van der Waals surface area contributed by atoms with E-state index in [1.807, 2.05) is 0 Å². The van der Waals surface area contributed by atoms with Crippen molar-refractivity contribution >= 4 is 41.6 Å². The van der Waals surface area contributed by atoms with Gasteiger partial charge in [-0.2, -0.15) is 33.7 Å². The molecule has 4 N–H and O–H groups in total. The van der Waals surface area contributed by atoms with Gasteiger partial charge in [-0.25, -0.2) is 16.7 Å². The van der Waals surface area contributed by atoms with Crippen LogP contribution in [0.3, 0.4) is 0 Å². The first-order valence-electron chi connectivity index (χ1n) is 6.58. The molecule has 1 rings (SSSR count). The molecule has 0 radical (unpaired) electrons. The summed E-state index contributed by atoms with van der Waals surface area (Å²) in [5, 5.41) is 0. The third kappa shape index (κ3) is 9.83. The van der Waals surface area contributed by atoms with E-state index >= 15 is 0 Å². The molecule has 1 aliphatic rings. The van der Waals surface area contributed by atoms with E-state index < -0.39 is 78.9 Å². The molecule has 174 valence electrons. The molecule has 0 aromatic carbocycles. The monoisotopic (exact) mass is 514 g/mol. The van der Waals surface area contributed by atoms with Crippen LogP contribution in [-0.4, -0.2) is 96.3 Å². The highest BCUT2D eigenvalue weighted by molar-refractivity contribution is 7.81. The lowest BCUT2D eigenvalue weighted by Gasteiger charge is -2.42. The molecular weight excluding hydrogens is 500 g/mol. The molecule has 0 aromatic heterocycles. The summed E-state index contributed by atoms with van der Waals surface area (Å²) in [7, 11) is -20.8. The predicted octanol–water partition coefficient (Wildman–Crippen LogP) is -3.26. The van der Waals surface area contributed by atoms with Gasteiger partial charge in [0.1, 0.15) is 18.3 Å². The van der Waals surface area contributed by atoms with Crippen LogP contribution in [0.2, 0.25) is 0 Å². The first kappa shape index (κ1) is 26.4. The second kappa shape index (κ2) is 9.27. The van der Waals surface area contributed by atoms with Crippen molar-refractivity contribution in [3.05, 3.63) is 0 Å². The quantitative estimate of drug-likeness (QED) is 0.208. The van der Waals surface area contributed by atoms with E-state index in [4.69, 9.17) is 22.9 Å². The Morgan fingerprint density at radius 2 is 1.10 bits per heavy atom. The van der Waals surface area contributed by atoms with Crippen molar-refractivity contribution in [1.82, 2.24) is 0 Å². The lowest BCUT2D eigenvalue weighted by atomic mass is 9.99. The summed E-state index contributed by atoms with van der Waals surface area (Å²) in [5.41, 5.74) is 0. The van der Waals surface area contributed by atoms with Gasteiger partial charge in [0.05, 0.1) is 6.61 Å². The molecule has 1 aliphatic heterocycles. The second-order valence-corrected chi connectivity index (χ2v) is 9.19. The molecule has 1 heterocycles. The van der Waals surface area contributed by atoms with E-state index in [-0.39, 0.29) is 0 Å². The van der Waals surface area contributed by atoms with Gasteiger partial charge in [0.25, 0.3) is 0 Å². The second-order valence-electron chi connectivity index (χ2n) is 4.96. The number of methoxy groups -OCH3 is 1. The minimum Gasteiger partial charge on any atom is -0.353 e. The number of rotatable bonds is 10. The molecule has 0 spiro atoms.